The van der Waals surface area contributed by atoms with Crippen LogP contribution in [0.5, 0.6) is 0 Å². The maximum Gasteiger partial charge on any atom is 0.225 e. The fourth-order valence-corrected chi connectivity index (χ4v) is 0.967. The third-order valence-corrected chi connectivity index (χ3v) is 1.64. The van der Waals surface area contributed by atoms with Crippen molar-refractivity contribution in [1.82, 2.24) is 15.0 Å². The van der Waals surface area contributed by atoms with Crippen molar-refractivity contribution in [3.63, 3.8) is 0 Å². The number of anilines is 2. The van der Waals surface area contributed by atoms with Gasteiger partial charge >= 0.3 is 0 Å². The highest BCUT2D eigenvalue weighted by molar-refractivity contribution is 5.26. The van der Waals surface area contributed by atoms with Crippen molar-refractivity contribution in [3.05, 3.63) is 5.82 Å². The van der Waals surface area contributed by atoms with Crippen LogP contribution in [0.3, 0.4) is 0 Å². The Bertz CT molecular complexity index is 311. The van der Waals surface area contributed by atoms with Crippen molar-refractivity contribution in [2.24, 2.45) is 0 Å². The Hall–Kier alpha value is -1.47. The van der Waals surface area contributed by atoms with E-state index in [4.69, 9.17) is 21.3 Å². The van der Waals surface area contributed by atoms with Crippen LogP contribution in [0.2, 0.25) is 0 Å². The van der Waals surface area contributed by atoms with Gasteiger partial charge in [0.1, 0.15) is 6.10 Å². The maximum absolute atomic E-state index is 9.03. The third kappa shape index (κ3) is 3.64. The van der Waals surface area contributed by atoms with Gasteiger partial charge in [0.2, 0.25) is 11.9 Å². The monoisotopic (exact) mass is 213 g/mol. The van der Waals surface area contributed by atoms with E-state index in [9.17, 15) is 0 Å². The third-order valence-electron chi connectivity index (χ3n) is 1.64. The number of aliphatic hydroxyl groups excluding tert-OH is 1. The Labute approximate surface area is 87.5 Å². The van der Waals surface area contributed by atoms with E-state index < -0.39 is 6.10 Å². The summed E-state index contributed by atoms with van der Waals surface area (Å²) in [6.45, 7) is 3.58. The van der Waals surface area contributed by atoms with E-state index >= 15 is 0 Å². The summed E-state index contributed by atoms with van der Waals surface area (Å²) < 4.78 is 5.29. The van der Waals surface area contributed by atoms with Crippen LogP contribution in [0, 0.1) is 0 Å². The van der Waals surface area contributed by atoms with Crippen LogP contribution in [0.15, 0.2) is 0 Å². The lowest BCUT2D eigenvalue weighted by Crippen LogP contribution is -2.16. The minimum atomic E-state index is -0.538. The molecule has 2 unspecified atom stereocenters. The Morgan fingerprint density at radius 2 is 1.73 bits per heavy atom. The van der Waals surface area contributed by atoms with Gasteiger partial charge in [-0.2, -0.15) is 15.0 Å². The molecular formula is C8H15N5O2. The van der Waals surface area contributed by atoms with Gasteiger partial charge in [-0.1, -0.05) is 0 Å². The molecule has 0 aliphatic heterocycles. The molecule has 0 amide bonds. The van der Waals surface area contributed by atoms with Crippen LogP contribution in [-0.4, -0.2) is 32.8 Å². The largest absolute Gasteiger partial charge is 0.391 e. The normalized spacial score (nSPS) is 14.9. The summed E-state index contributed by atoms with van der Waals surface area (Å²) in [5.74, 6) is 0.482. The summed E-state index contributed by atoms with van der Waals surface area (Å²) >= 11 is 0. The zero-order valence-corrected chi connectivity index (χ0v) is 8.71. The molecule has 1 aromatic rings. The molecule has 0 radical (unpaired) electrons. The molecule has 0 aliphatic rings. The number of ether oxygens (including phenoxy) is 1. The number of aromatic nitrogens is 3. The number of nitrogens with two attached hydrogens (primary N) is 2. The molecule has 15 heavy (non-hydrogen) atoms. The van der Waals surface area contributed by atoms with Crippen LogP contribution in [0.25, 0.3) is 0 Å². The number of aliphatic hydroxyl groups is 1. The maximum atomic E-state index is 9.03. The van der Waals surface area contributed by atoms with Gasteiger partial charge in [0, 0.05) is 0 Å². The van der Waals surface area contributed by atoms with Gasteiger partial charge in [0.15, 0.2) is 5.82 Å². The van der Waals surface area contributed by atoms with Gasteiger partial charge in [-0.15, -0.1) is 0 Å². The van der Waals surface area contributed by atoms with Crippen LogP contribution < -0.4 is 11.5 Å². The van der Waals surface area contributed by atoms with E-state index in [0.29, 0.717) is 5.82 Å². The molecule has 0 saturated heterocycles. The van der Waals surface area contributed by atoms with E-state index in [1.54, 1.807) is 13.8 Å². The van der Waals surface area contributed by atoms with E-state index in [1.807, 2.05) is 0 Å². The molecule has 1 rings (SSSR count). The molecule has 0 fully saturated rings. The number of hydrogen-bond acceptors (Lipinski definition) is 7. The summed E-state index contributed by atoms with van der Waals surface area (Å²) in [4.78, 5) is 11.4. The minimum absolute atomic E-state index is 0.0602. The zero-order chi connectivity index (χ0) is 11.4. The number of rotatable bonds is 4. The summed E-state index contributed by atoms with van der Waals surface area (Å²) in [5.41, 5.74) is 10.8. The van der Waals surface area contributed by atoms with Crippen molar-refractivity contribution in [2.75, 3.05) is 18.1 Å². The van der Waals surface area contributed by atoms with E-state index in [0.717, 1.165) is 0 Å². The van der Waals surface area contributed by atoms with Crippen molar-refractivity contribution in [1.29, 1.82) is 0 Å². The van der Waals surface area contributed by atoms with Crippen LogP contribution in [-0.2, 0) is 4.74 Å². The SMILES string of the molecule is CC(O)COC(C)c1nc(N)nc(N)n1. The van der Waals surface area contributed by atoms with E-state index in [-0.39, 0.29) is 24.6 Å². The van der Waals surface area contributed by atoms with Gasteiger partial charge in [0.05, 0.1) is 12.7 Å². The molecule has 7 heteroatoms. The minimum Gasteiger partial charge on any atom is -0.391 e. The van der Waals surface area contributed by atoms with Gasteiger partial charge in [0.25, 0.3) is 0 Å². The highest BCUT2D eigenvalue weighted by atomic mass is 16.5. The predicted octanol–water partition coefficient (Wildman–Crippen LogP) is -0.506. The number of nitrogens with zero attached hydrogens (tertiary/aromatic N) is 3. The molecule has 7 nitrogen and oxygen atoms in total. The van der Waals surface area contributed by atoms with Crippen molar-refractivity contribution in [3.8, 4) is 0 Å². The van der Waals surface area contributed by atoms with E-state index in [2.05, 4.69) is 15.0 Å². The first-order valence-electron chi connectivity index (χ1n) is 4.55. The van der Waals surface area contributed by atoms with Crippen LogP contribution >= 0.6 is 0 Å². The summed E-state index contributed by atoms with van der Waals surface area (Å²) in [6.07, 6.45) is -0.920. The Balaban J connectivity index is 2.68. The Morgan fingerprint density at radius 1 is 1.20 bits per heavy atom. The first kappa shape index (κ1) is 11.6. The molecule has 5 N–H and O–H groups in total. The topological polar surface area (TPSA) is 120 Å². The van der Waals surface area contributed by atoms with Crippen LogP contribution in [0.1, 0.15) is 25.8 Å². The molecular weight excluding hydrogens is 198 g/mol. The highest BCUT2D eigenvalue weighted by Gasteiger charge is 2.12. The first-order chi connectivity index (χ1) is 6.99. The molecule has 1 heterocycles. The first-order valence-corrected chi connectivity index (χ1v) is 4.55. The lowest BCUT2D eigenvalue weighted by Gasteiger charge is -2.13. The molecule has 0 aromatic carbocycles. The molecule has 1 aromatic heterocycles. The van der Waals surface area contributed by atoms with E-state index in [1.165, 1.54) is 0 Å². The molecule has 0 spiro atoms. The second kappa shape index (κ2) is 4.85. The average Bonchev–Trinajstić information content (AvgIpc) is 2.12. The predicted molar refractivity (Wildman–Crippen MR) is 54.7 cm³/mol. The van der Waals surface area contributed by atoms with Gasteiger partial charge in [-0.3, -0.25) is 0 Å². The number of hydrogen-bond donors (Lipinski definition) is 3. The highest BCUT2D eigenvalue weighted by Crippen LogP contribution is 2.13. The molecule has 2 atom stereocenters. The summed E-state index contributed by atoms with van der Waals surface area (Å²) in [6, 6.07) is 0. The lowest BCUT2D eigenvalue weighted by atomic mass is 10.3. The quantitative estimate of drug-likeness (QED) is 0.616. The number of nitrogen functional groups attached to an aromatic ring is 2. The van der Waals surface area contributed by atoms with Gasteiger partial charge in [-0.25, -0.2) is 0 Å². The van der Waals surface area contributed by atoms with Gasteiger partial charge < -0.3 is 21.3 Å². The molecule has 0 saturated carbocycles. The fourth-order valence-electron chi connectivity index (χ4n) is 0.967. The fraction of sp³-hybridized carbons (Fsp3) is 0.625. The van der Waals surface area contributed by atoms with Crippen LogP contribution in [0.4, 0.5) is 11.9 Å². The van der Waals surface area contributed by atoms with Crippen molar-refractivity contribution < 1.29 is 9.84 Å². The lowest BCUT2D eigenvalue weighted by molar-refractivity contribution is 0.000919. The molecule has 0 bridgehead atoms. The average molecular weight is 213 g/mol. The summed E-state index contributed by atoms with van der Waals surface area (Å²) in [5, 5.41) is 9.03. The Morgan fingerprint density at radius 3 is 2.20 bits per heavy atom. The standard InChI is InChI=1S/C8H15N5O2/c1-4(14)3-15-5(2)6-11-7(9)13-8(10)12-6/h4-5,14H,3H2,1-2H3,(H4,9,10,11,12,13). The second-order valence-electron chi connectivity index (χ2n) is 3.23. The molecule has 0 aliphatic carbocycles. The smallest absolute Gasteiger partial charge is 0.225 e. The Kier molecular flexibility index (Phi) is 3.75. The van der Waals surface area contributed by atoms with Crippen molar-refractivity contribution >= 4 is 11.9 Å². The second-order valence-corrected chi connectivity index (χ2v) is 3.23. The summed E-state index contributed by atoms with van der Waals surface area (Å²) in [7, 11) is 0. The van der Waals surface area contributed by atoms with Gasteiger partial charge in [-0.05, 0) is 13.8 Å². The molecule has 84 valence electrons. The zero-order valence-electron chi connectivity index (χ0n) is 8.71. The van der Waals surface area contributed by atoms with Crippen molar-refractivity contribution in [2.45, 2.75) is 26.1 Å².